The van der Waals surface area contributed by atoms with Crippen molar-refractivity contribution in [2.75, 3.05) is 0 Å². The summed E-state index contributed by atoms with van der Waals surface area (Å²) in [5.41, 5.74) is 0.310. The number of fused-ring (bicyclic) bond motifs is 1. The second-order valence-electron chi connectivity index (χ2n) is 5.63. The van der Waals surface area contributed by atoms with Gasteiger partial charge in [0.15, 0.2) is 6.10 Å². The van der Waals surface area contributed by atoms with Crippen LogP contribution in [0.1, 0.15) is 31.1 Å². The Bertz CT molecular complexity index is 725. The number of aromatic nitrogens is 2. The Balaban J connectivity index is 2.05. The molecule has 1 aliphatic rings. The summed E-state index contributed by atoms with van der Waals surface area (Å²) in [5, 5.41) is 27.1. The van der Waals surface area contributed by atoms with Gasteiger partial charge in [0.2, 0.25) is 0 Å². The average molecular weight is 297 g/mol. The standard InChI is InChI=1S/C16H15N3O3/c1-16(2)15(20)14(21-11-5-6-18-19-9-11)12-7-10(8-17)3-4-13(12)22-16/h3-7,9,14-15,20H,1-2H3. The first-order chi connectivity index (χ1) is 10.5. The monoisotopic (exact) mass is 297 g/mol. The van der Waals surface area contributed by atoms with Crippen LogP contribution < -0.4 is 9.47 Å². The van der Waals surface area contributed by atoms with Crippen LogP contribution in [0.4, 0.5) is 0 Å². The summed E-state index contributed by atoms with van der Waals surface area (Å²) in [5.74, 6) is 1.09. The van der Waals surface area contributed by atoms with Crippen molar-refractivity contribution in [2.24, 2.45) is 0 Å². The first kappa shape index (κ1) is 14.3. The molecule has 0 bridgehead atoms. The molecule has 0 fully saturated rings. The van der Waals surface area contributed by atoms with Crippen molar-refractivity contribution in [1.82, 2.24) is 10.2 Å². The van der Waals surface area contributed by atoms with Crippen LogP contribution in [-0.2, 0) is 0 Å². The predicted molar refractivity (Wildman–Crippen MR) is 77.3 cm³/mol. The van der Waals surface area contributed by atoms with Gasteiger partial charge in [0.25, 0.3) is 0 Å². The zero-order valence-electron chi connectivity index (χ0n) is 12.2. The lowest BCUT2D eigenvalue weighted by molar-refractivity contribution is -0.103. The minimum atomic E-state index is -0.901. The summed E-state index contributed by atoms with van der Waals surface area (Å²) in [6.07, 6.45) is 1.43. The summed E-state index contributed by atoms with van der Waals surface area (Å²) in [7, 11) is 0. The molecule has 6 nitrogen and oxygen atoms in total. The smallest absolute Gasteiger partial charge is 0.157 e. The molecule has 0 radical (unpaired) electrons. The van der Waals surface area contributed by atoms with Crippen LogP contribution in [0.3, 0.4) is 0 Å². The topological polar surface area (TPSA) is 88.3 Å². The van der Waals surface area contributed by atoms with Gasteiger partial charge in [-0.1, -0.05) is 0 Å². The fourth-order valence-electron chi connectivity index (χ4n) is 2.43. The molecule has 0 amide bonds. The number of rotatable bonds is 2. The Hall–Kier alpha value is -2.65. The van der Waals surface area contributed by atoms with Crippen LogP contribution in [0.5, 0.6) is 11.5 Å². The van der Waals surface area contributed by atoms with Crippen molar-refractivity contribution in [2.45, 2.75) is 31.7 Å². The highest BCUT2D eigenvalue weighted by molar-refractivity contribution is 5.46. The van der Waals surface area contributed by atoms with Gasteiger partial charge in [0, 0.05) is 11.6 Å². The Morgan fingerprint density at radius 3 is 2.82 bits per heavy atom. The highest BCUT2D eigenvalue weighted by atomic mass is 16.5. The molecule has 1 aromatic heterocycles. The lowest BCUT2D eigenvalue weighted by Crippen LogP contribution is -2.50. The minimum absolute atomic E-state index is 0.482. The fraction of sp³-hybridized carbons (Fsp3) is 0.312. The van der Waals surface area contributed by atoms with Gasteiger partial charge in [-0.25, -0.2) is 0 Å². The van der Waals surface area contributed by atoms with E-state index in [1.54, 1.807) is 38.1 Å². The van der Waals surface area contributed by atoms with E-state index in [1.165, 1.54) is 12.4 Å². The molecule has 2 atom stereocenters. The molecular formula is C16H15N3O3. The van der Waals surface area contributed by atoms with Gasteiger partial charge in [-0.15, -0.1) is 0 Å². The highest BCUT2D eigenvalue weighted by Crippen LogP contribution is 2.42. The Morgan fingerprint density at radius 1 is 1.32 bits per heavy atom. The molecule has 1 aliphatic heterocycles. The van der Waals surface area contributed by atoms with E-state index >= 15 is 0 Å². The van der Waals surface area contributed by atoms with E-state index in [9.17, 15) is 5.11 Å². The van der Waals surface area contributed by atoms with Crippen LogP contribution in [0.15, 0.2) is 36.7 Å². The van der Waals surface area contributed by atoms with Gasteiger partial charge in [-0.05, 0) is 32.0 Å². The maximum absolute atomic E-state index is 10.6. The van der Waals surface area contributed by atoms with Crippen molar-refractivity contribution in [3.8, 4) is 17.6 Å². The Kier molecular flexibility index (Phi) is 3.43. The molecule has 0 spiro atoms. The first-order valence-corrected chi connectivity index (χ1v) is 6.86. The average Bonchev–Trinajstić information content (AvgIpc) is 2.52. The fourth-order valence-corrected chi connectivity index (χ4v) is 2.43. The molecule has 2 aromatic rings. The van der Waals surface area contributed by atoms with Crippen molar-refractivity contribution in [3.05, 3.63) is 47.8 Å². The van der Waals surface area contributed by atoms with E-state index in [2.05, 4.69) is 16.3 Å². The summed E-state index contributed by atoms with van der Waals surface area (Å²) >= 11 is 0. The predicted octanol–water partition coefficient (Wildman–Crippen LogP) is 2.00. The van der Waals surface area contributed by atoms with Crippen LogP contribution in [0.25, 0.3) is 0 Å². The van der Waals surface area contributed by atoms with Gasteiger partial charge in [0.05, 0.1) is 24.0 Å². The summed E-state index contributed by atoms with van der Waals surface area (Å²) < 4.78 is 11.7. The molecule has 3 rings (SSSR count). The molecule has 1 aromatic carbocycles. The van der Waals surface area contributed by atoms with E-state index in [4.69, 9.17) is 14.7 Å². The molecule has 0 saturated carbocycles. The quantitative estimate of drug-likeness (QED) is 0.912. The lowest BCUT2D eigenvalue weighted by atomic mass is 9.87. The molecule has 1 N–H and O–H groups in total. The van der Waals surface area contributed by atoms with Crippen LogP contribution >= 0.6 is 0 Å². The van der Waals surface area contributed by atoms with Crippen molar-refractivity contribution in [1.29, 1.82) is 5.26 Å². The normalized spacial score (nSPS) is 22.1. The molecule has 6 heteroatoms. The molecule has 22 heavy (non-hydrogen) atoms. The van der Waals surface area contributed by atoms with Crippen molar-refractivity contribution in [3.63, 3.8) is 0 Å². The minimum Gasteiger partial charge on any atom is -0.485 e. The maximum Gasteiger partial charge on any atom is 0.157 e. The molecule has 0 aliphatic carbocycles. The van der Waals surface area contributed by atoms with E-state index in [-0.39, 0.29) is 0 Å². The van der Waals surface area contributed by atoms with Gasteiger partial charge >= 0.3 is 0 Å². The molecule has 2 unspecified atom stereocenters. The summed E-state index contributed by atoms with van der Waals surface area (Å²) in [6.45, 7) is 3.58. The van der Waals surface area contributed by atoms with E-state index in [0.29, 0.717) is 22.6 Å². The van der Waals surface area contributed by atoms with Gasteiger partial charge in [0.1, 0.15) is 23.2 Å². The Morgan fingerprint density at radius 2 is 2.14 bits per heavy atom. The van der Waals surface area contributed by atoms with Gasteiger partial charge < -0.3 is 14.6 Å². The Labute approximate surface area is 127 Å². The summed E-state index contributed by atoms with van der Waals surface area (Å²) in [4.78, 5) is 0. The number of aliphatic hydroxyl groups is 1. The number of nitriles is 1. The molecular weight excluding hydrogens is 282 g/mol. The molecule has 2 heterocycles. The largest absolute Gasteiger partial charge is 0.485 e. The number of hydrogen-bond donors (Lipinski definition) is 1. The molecule has 112 valence electrons. The van der Waals surface area contributed by atoms with E-state index in [1.807, 2.05) is 0 Å². The van der Waals surface area contributed by atoms with E-state index < -0.39 is 17.8 Å². The maximum atomic E-state index is 10.6. The van der Waals surface area contributed by atoms with Crippen molar-refractivity contribution >= 4 is 0 Å². The second-order valence-corrected chi connectivity index (χ2v) is 5.63. The number of benzene rings is 1. The first-order valence-electron chi connectivity index (χ1n) is 6.86. The SMILES string of the molecule is CC1(C)Oc2ccc(C#N)cc2C(Oc2ccnnc2)C1O. The lowest BCUT2D eigenvalue weighted by Gasteiger charge is -2.41. The van der Waals surface area contributed by atoms with Crippen LogP contribution in [0.2, 0.25) is 0 Å². The van der Waals surface area contributed by atoms with Gasteiger partial charge in [-0.3, -0.25) is 0 Å². The van der Waals surface area contributed by atoms with Crippen LogP contribution in [0, 0.1) is 11.3 Å². The highest BCUT2D eigenvalue weighted by Gasteiger charge is 2.44. The van der Waals surface area contributed by atoms with Gasteiger partial charge in [-0.2, -0.15) is 15.5 Å². The number of hydrogen-bond acceptors (Lipinski definition) is 6. The third kappa shape index (κ3) is 2.47. The number of aliphatic hydroxyl groups excluding tert-OH is 1. The zero-order chi connectivity index (χ0) is 15.7. The van der Waals surface area contributed by atoms with E-state index in [0.717, 1.165) is 0 Å². The number of nitrogens with zero attached hydrogens (tertiary/aromatic N) is 3. The third-order valence-electron chi connectivity index (χ3n) is 3.64. The zero-order valence-corrected chi connectivity index (χ0v) is 12.2. The van der Waals surface area contributed by atoms with Crippen molar-refractivity contribution < 1.29 is 14.6 Å². The second kappa shape index (κ2) is 5.28. The third-order valence-corrected chi connectivity index (χ3v) is 3.64. The van der Waals surface area contributed by atoms with Crippen LogP contribution in [-0.4, -0.2) is 27.0 Å². The summed E-state index contributed by atoms with van der Waals surface area (Å²) in [6, 6.07) is 8.82. The number of ether oxygens (including phenoxy) is 2. The molecule has 0 saturated heterocycles.